The summed E-state index contributed by atoms with van der Waals surface area (Å²) in [6.07, 6.45) is -0.839. The second-order valence-corrected chi connectivity index (χ2v) is 9.53. The number of nitrogens with zero attached hydrogens (tertiary/aromatic N) is 3. The molecular weight excluding hydrogens is 588 g/mol. The minimum absolute atomic E-state index is 0.00478. The molecular formula is C26H17Cl3FN5O5. The van der Waals surface area contributed by atoms with Crippen LogP contribution >= 0.6 is 34.8 Å². The summed E-state index contributed by atoms with van der Waals surface area (Å²) < 4.78 is 23.5. The molecule has 0 atom stereocenters. The lowest BCUT2D eigenvalue weighted by atomic mass is 9.98. The van der Waals surface area contributed by atoms with E-state index in [9.17, 15) is 18.8 Å². The molecule has 0 saturated heterocycles. The van der Waals surface area contributed by atoms with Gasteiger partial charge in [-0.1, -0.05) is 40.9 Å². The first-order valence-corrected chi connectivity index (χ1v) is 12.5. The predicted octanol–water partition coefficient (Wildman–Crippen LogP) is 5.69. The largest absolute Gasteiger partial charge is 0.454 e. The van der Waals surface area contributed by atoms with Gasteiger partial charge in [-0.3, -0.25) is 10.2 Å². The molecule has 10 nitrogen and oxygen atoms in total. The molecule has 0 saturated carbocycles. The van der Waals surface area contributed by atoms with E-state index < -0.39 is 23.6 Å². The number of carbonyl (C=O) groups excluding carboxylic acids is 3. The van der Waals surface area contributed by atoms with Crippen molar-refractivity contribution >= 4 is 64.2 Å². The van der Waals surface area contributed by atoms with E-state index in [1.54, 1.807) is 29.2 Å². The van der Waals surface area contributed by atoms with E-state index in [4.69, 9.17) is 50.5 Å². The van der Waals surface area contributed by atoms with Gasteiger partial charge in [-0.15, -0.1) is 0 Å². The Morgan fingerprint density at radius 2 is 1.82 bits per heavy atom. The number of nitrogens with one attached hydrogen (secondary N) is 1. The zero-order valence-electron chi connectivity index (χ0n) is 20.2. The fraction of sp³-hybridized carbons (Fsp3) is 0.115. The lowest BCUT2D eigenvalue weighted by molar-refractivity contribution is -0.129. The van der Waals surface area contributed by atoms with Gasteiger partial charge in [0.15, 0.2) is 5.75 Å². The monoisotopic (exact) mass is 603 g/mol. The van der Waals surface area contributed by atoms with Crippen molar-refractivity contribution in [2.24, 2.45) is 10.8 Å². The third-order valence-electron chi connectivity index (χ3n) is 5.61. The summed E-state index contributed by atoms with van der Waals surface area (Å²) in [6.45, 7) is 0.721. The normalized spacial score (nSPS) is 12.8. The first kappa shape index (κ1) is 28.6. The van der Waals surface area contributed by atoms with Gasteiger partial charge in [0.05, 0.1) is 20.8 Å². The maximum Gasteiger partial charge on any atom is 0.412 e. The summed E-state index contributed by atoms with van der Waals surface area (Å²) in [5.41, 5.74) is 8.58. The van der Waals surface area contributed by atoms with Crippen molar-refractivity contribution in [2.45, 2.75) is 13.0 Å². The van der Waals surface area contributed by atoms with Gasteiger partial charge < -0.3 is 20.1 Å². The number of hydrogen-bond donors (Lipinski definition) is 2. The van der Waals surface area contributed by atoms with Gasteiger partial charge in [0.2, 0.25) is 5.71 Å². The maximum atomic E-state index is 13.5. The van der Waals surface area contributed by atoms with Crippen LogP contribution in [0.15, 0.2) is 53.6 Å². The number of ether oxygens (including phenoxy) is 2. The second-order valence-electron chi connectivity index (χ2n) is 8.31. The predicted molar refractivity (Wildman–Crippen MR) is 145 cm³/mol. The molecule has 40 heavy (non-hydrogen) atoms. The number of rotatable bonds is 7. The van der Waals surface area contributed by atoms with Crippen molar-refractivity contribution in [1.82, 2.24) is 4.90 Å². The van der Waals surface area contributed by atoms with Crippen molar-refractivity contribution in [3.63, 3.8) is 0 Å². The molecule has 0 aliphatic carbocycles. The Bertz CT molecular complexity index is 1590. The number of hydrogen-bond acceptors (Lipinski definition) is 8. The minimum Gasteiger partial charge on any atom is -0.454 e. The molecule has 1 aliphatic heterocycles. The number of carbonyl (C=O) groups is 3. The molecule has 3 N–H and O–H groups in total. The molecule has 4 rings (SSSR count). The highest BCUT2D eigenvalue weighted by molar-refractivity contribution is 6.44. The number of amides is 2. The Morgan fingerprint density at radius 3 is 2.48 bits per heavy atom. The highest BCUT2D eigenvalue weighted by Gasteiger charge is 2.25. The summed E-state index contributed by atoms with van der Waals surface area (Å²) in [7, 11) is 0. The SMILES string of the molecule is N#CC(=NNc1cc(Cl)c(Oc2ccc3c(c2)CCN(Cc2ccc(F)c(Cl)c2)C3=O)c(Cl)c1)C(=O)OC(N)=O. The van der Waals surface area contributed by atoms with Crippen LogP contribution in [-0.2, 0) is 22.5 Å². The molecule has 0 aromatic heterocycles. The highest BCUT2D eigenvalue weighted by atomic mass is 35.5. The first-order valence-electron chi connectivity index (χ1n) is 11.3. The molecule has 3 aromatic rings. The van der Waals surface area contributed by atoms with Gasteiger partial charge in [-0.25, -0.2) is 14.0 Å². The molecule has 1 aliphatic rings. The summed E-state index contributed by atoms with van der Waals surface area (Å²) in [5.74, 6) is -1.55. The van der Waals surface area contributed by atoms with E-state index in [1.165, 1.54) is 30.3 Å². The van der Waals surface area contributed by atoms with Crippen LogP contribution in [0, 0.1) is 17.1 Å². The molecule has 0 spiro atoms. The van der Waals surface area contributed by atoms with Crippen LogP contribution in [0.2, 0.25) is 15.1 Å². The van der Waals surface area contributed by atoms with Crippen LogP contribution in [0.3, 0.4) is 0 Å². The average molecular weight is 605 g/mol. The van der Waals surface area contributed by atoms with E-state index in [2.05, 4.69) is 15.3 Å². The summed E-state index contributed by atoms with van der Waals surface area (Å²) >= 11 is 18.5. The molecule has 204 valence electrons. The van der Waals surface area contributed by atoms with Crippen LogP contribution in [-0.4, -0.2) is 35.1 Å². The molecule has 2 amide bonds. The zero-order chi connectivity index (χ0) is 29.0. The molecule has 3 aromatic carbocycles. The Hall–Kier alpha value is -4.37. The van der Waals surface area contributed by atoms with Crippen LogP contribution in [0.1, 0.15) is 21.5 Å². The quantitative estimate of drug-likeness (QED) is 0.152. The van der Waals surface area contributed by atoms with E-state index in [1.807, 2.05) is 0 Å². The van der Waals surface area contributed by atoms with Gasteiger partial charge >= 0.3 is 12.1 Å². The number of primary amides is 1. The van der Waals surface area contributed by atoms with Crippen LogP contribution in [0.25, 0.3) is 0 Å². The Morgan fingerprint density at radius 1 is 1.10 bits per heavy atom. The van der Waals surface area contributed by atoms with Gasteiger partial charge in [0.25, 0.3) is 5.91 Å². The number of anilines is 1. The van der Waals surface area contributed by atoms with Gasteiger partial charge in [-0.05, 0) is 60.0 Å². The number of benzene rings is 3. The van der Waals surface area contributed by atoms with Crippen molar-refractivity contribution in [1.29, 1.82) is 5.26 Å². The molecule has 0 radical (unpaired) electrons. The molecule has 0 unspecified atom stereocenters. The summed E-state index contributed by atoms with van der Waals surface area (Å²) in [4.78, 5) is 37.0. The summed E-state index contributed by atoms with van der Waals surface area (Å²) in [6, 6.07) is 13.5. The van der Waals surface area contributed by atoms with Gasteiger partial charge in [-0.2, -0.15) is 10.4 Å². The number of halogens is 4. The number of nitriles is 1. The number of esters is 1. The average Bonchev–Trinajstić information content (AvgIpc) is 2.90. The third-order valence-corrected chi connectivity index (χ3v) is 6.46. The van der Waals surface area contributed by atoms with Crippen molar-refractivity contribution in [3.8, 4) is 17.6 Å². The molecule has 1 heterocycles. The maximum absolute atomic E-state index is 13.5. The highest BCUT2D eigenvalue weighted by Crippen LogP contribution is 2.39. The van der Waals surface area contributed by atoms with Crippen LogP contribution in [0.5, 0.6) is 11.5 Å². The smallest absolute Gasteiger partial charge is 0.412 e. The Balaban J connectivity index is 1.47. The Labute approximate surface area is 241 Å². The van der Waals surface area contributed by atoms with Crippen molar-refractivity contribution < 1.29 is 28.2 Å². The van der Waals surface area contributed by atoms with Gasteiger partial charge in [0.1, 0.15) is 17.6 Å². The van der Waals surface area contributed by atoms with E-state index in [-0.39, 0.29) is 39.0 Å². The van der Waals surface area contributed by atoms with Gasteiger partial charge in [0, 0.05) is 18.7 Å². The second kappa shape index (κ2) is 12.2. The topological polar surface area (TPSA) is 147 Å². The minimum atomic E-state index is -1.39. The lowest BCUT2D eigenvalue weighted by Gasteiger charge is -2.29. The number of hydrazone groups is 1. The third kappa shape index (κ3) is 6.60. The number of fused-ring (bicyclic) bond motifs is 1. The lowest BCUT2D eigenvalue weighted by Crippen LogP contribution is -2.37. The van der Waals surface area contributed by atoms with E-state index in [0.717, 1.165) is 5.56 Å². The fourth-order valence-corrected chi connectivity index (χ4v) is 4.57. The van der Waals surface area contributed by atoms with E-state index >= 15 is 0 Å². The molecule has 0 bridgehead atoms. The van der Waals surface area contributed by atoms with Crippen molar-refractivity contribution in [2.75, 3.05) is 12.0 Å². The van der Waals surface area contributed by atoms with E-state index in [0.29, 0.717) is 29.8 Å². The fourth-order valence-electron chi connectivity index (χ4n) is 3.80. The van der Waals surface area contributed by atoms with Crippen LogP contribution < -0.4 is 15.9 Å². The molecule has 14 heteroatoms. The van der Waals surface area contributed by atoms with Crippen molar-refractivity contribution in [3.05, 3.63) is 86.1 Å². The standard InChI is InChI=1S/C26H17Cl3FN5O5/c27-18-7-13(1-4-21(18)30)12-35-6-5-14-8-16(2-3-17(14)24(35)36)39-23-19(28)9-15(10-20(23)29)33-34-22(11-31)25(37)40-26(32)38/h1-4,7-10,33H,5-6,12H2,(H2,32,38). The number of nitrogens with two attached hydrogens (primary N) is 1. The Kier molecular flexibility index (Phi) is 8.74. The first-order chi connectivity index (χ1) is 19.0. The summed E-state index contributed by atoms with van der Waals surface area (Å²) in [5, 5.41) is 12.7. The zero-order valence-corrected chi connectivity index (χ0v) is 22.5. The molecule has 0 fully saturated rings. The van der Waals surface area contributed by atoms with Crippen LogP contribution in [0.4, 0.5) is 14.9 Å².